The first-order valence-electron chi connectivity index (χ1n) is 11.6. The number of nitrogens with two attached hydrogens (primary N) is 1. The highest BCUT2D eigenvalue weighted by atomic mass is 16.5. The van der Waals surface area contributed by atoms with Gasteiger partial charge < -0.3 is 15.2 Å². The van der Waals surface area contributed by atoms with Gasteiger partial charge in [0.25, 0.3) is 0 Å². The van der Waals surface area contributed by atoms with Crippen molar-refractivity contribution < 1.29 is 9.47 Å². The van der Waals surface area contributed by atoms with Gasteiger partial charge in [-0.25, -0.2) is 4.99 Å². The van der Waals surface area contributed by atoms with E-state index in [0.717, 1.165) is 60.9 Å². The Morgan fingerprint density at radius 1 is 1.03 bits per heavy atom. The van der Waals surface area contributed by atoms with E-state index in [-0.39, 0.29) is 5.41 Å². The number of fused-ring (bicyclic) bond motifs is 3. The van der Waals surface area contributed by atoms with E-state index in [1.165, 1.54) is 5.56 Å². The summed E-state index contributed by atoms with van der Waals surface area (Å²) in [4.78, 5) is 10.3. The molecule has 3 aliphatic rings. The maximum Gasteiger partial charge on any atom is 0.184 e. The van der Waals surface area contributed by atoms with Crippen LogP contribution >= 0.6 is 0 Å². The number of aliphatic imine (C=N–C) groups is 2. The van der Waals surface area contributed by atoms with E-state index in [1.807, 2.05) is 19.1 Å². The molecule has 2 aromatic rings. The quantitative estimate of drug-likeness (QED) is 0.743. The minimum absolute atomic E-state index is 0.0672. The molecule has 0 radical (unpaired) electrons. The Hall–Kier alpha value is -3.17. The maximum atomic E-state index is 9.49. The summed E-state index contributed by atoms with van der Waals surface area (Å²) in [5.74, 6) is 1.21. The number of hydrogen-bond donors (Lipinski definition) is 1. The van der Waals surface area contributed by atoms with Crippen molar-refractivity contribution >= 4 is 11.5 Å². The number of rotatable bonds is 3. The Balaban J connectivity index is 1.67. The first-order valence-corrected chi connectivity index (χ1v) is 11.6. The summed E-state index contributed by atoms with van der Waals surface area (Å²) in [6.45, 7) is 1.96. The fraction of sp³-hybridized carbons (Fsp3) is 0.444. The number of hydrogen-bond acceptors (Lipinski definition) is 6. The Labute approximate surface area is 195 Å². The van der Waals surface area contributed by atoms with E-state index >= 15 is 0 Å². The van der Waals surface area contributed by atoms with Crippen LogP contribution in [0.15, 0.2) is 46.4 Å². The molecule has 1 heterocycles. The van der Waals surface area contributed by atoms with Crippen LogP contribution in [0.3, 0.4) is 0 Å². The van der Waals surface area contributed by atoms with Crippen molar-refractivity contribution in [2.45, 2.75) is 57.2 Å². The van der Waals surface area contributed by atoms with Gasteiger partial charge in [0.2, 0.25) is 0 Å². The van der Waals surface area contributed by atoms with Crippen LogP contribution in [-0.4, -0.2) is 31.9 Å². The van der Waals surface area contributed by atoms with Crippen molar-refractivity contribution in [1.82, 2.24) is 0 Å². The lowest BCUT2D eigenvalue weighted by molar-refractivity contribution is -0.0180. The number of aryl methyl sites for hydroxylation is 1. The van der Waals surface area contributed by atoms with E-state index in [4.69, 9.17) is 25.2 Å². The third-order valence-corrected chi connectivity index (χ3v) is 7.91. The summed E-state index contributed by atoms with van der Waals surface area (Å²) in [5, 5.41) is 9.49. The van der Waals surface area contributed by atoms with Gasteiger partial charge in [-0.1, -0.05) is 12.1 Å². The first kappa shape index (κ1) is 21.7. The second kappa shape index (κ2) is 8.00. The van der Waals surface area contributed by atoms with Gasteiger partial charge in [0.1, 0.15) is 11.6 Å². The second-order valence-corrected chi connectivity index (χ2v) is 9.52. The molecule has 2 spiro atoms. The normalized spacial score (nSPS) is 28.2. The highest BCUT2D eigenvalue weighted by Crippen LogP contribution is 2.60. The third kappa shape index (κ3) is 3.34. The molecule has 170 valence electrons. The van der Waals surface area contributed by atoms with Crippen molar-refractivity contribution in [2.75, 3.05) is 14.2 Å². The van der Waals surface area contributed by atoms with Gasteiger partial charge in [-0.05, 0) is 86.4 Å². The number of nitriles is 1. The molecule has 2 aliphatic carbocycles. The predicted octanol–water partition coefficient (Wildman–Crippen LogP) is 4.74. The standard InChI is InChI=1S/C27H30N4O2/c1-17-25(29)31-27(30-17)24-15-20(21-12-18(16-28)13-23(14-21)33-3)5-4-19(24)6-9-26(27)10-7-22(32-2)8-11-26/h4-5,12-15,22H,6-11H2,1-3H3,(H2,29,31)/t22-,26-,27?. The van der Waals surface area contributed by atoms with Gasteiger partial charge in [0.15, 0.2) is 5.66 Å². The zero-order chi connectivity index (χ0) is 23.2. The lowest BCUT2D eigenvalue weighted by Crippen LogP contribution is -2.49. The Morgan fingerprint density at radius 2 is 1.82 bits per heavy atom. The molecule has 6 nitrogen and oxygen atoms in total. The number of amidine groups is 1. The topological polar surface area (TPSA) is 93.0 Å². The molecule has 1 fully saturated rings. The van der Waals surface area contributed by atoms with Gasteiger partial charge in [0, 0.05) is 18.1 Å². The maximum absolute atomic E-state index is 9.49. The molecule has 0 bridgehead atoms. The van der Waals surface area contributed by atoms with Crippen molar-refractivity contribution in [3.05, 3.63) is 53.1 Å². The molecule has 33 heavy (non-hydrogen) atoms. The highest BCUT2D eigenvalue weighted by molar-refractivity contribution is 6.41. The molecular formula is C27H30N4O2. The molecule has 1 atom stereocenters. The van der Waals surface area contributed by atoms with E-state index in [0.29, 0.717) is 23.3 Å². The first-order chi connectivity index (χ1) is 15.9. The summed E-state index contributed by atoms with van der Waals surface area (Å²) in [6.07, 6.45) is 6.40. The molecular weight excluding hydrogens is 412 g/mol. The summed E-state index contributed by atoms with van der Waals surface area (Å²) in [5.41, 5.74) is 11.4. The highest BCUT2D eigenvalue weighted by Gasteiger charge is 2.58. The number of nitrogens with zero attached hydrogens (tertiary/aromatic N) is 3. The Bertz CT molecular complexity index is 1180. The van der Waals surface area contributed by atoms with E-state index < -0.39 is 5.66 Å². The van der Waals surface area contributed by atoms with Crippen LogP contribution in [0.5, 0.6) is 5.75 Å². The summed E-state index contributed by atoms with van der Waals surface area (Å²) in [7, 11) is 3.42. The minimum atomic E-state index is -0.694. The molecule has 1 saturated carbocycles. The largest absolute Gasteiger partial charge is 0.497 e. The fourth-order valence-corrected chi connectivity index (χ4v) is 6.00. The van der Waals surface area contributed by atoms with Crippen LogP contribution < -0.4 is 10.5 Å². The van der Waals surface area contributed by atoms with E-state index in [2.05, 4.69) is 24.3 Å². The lowest BCUT2D eigenvalue weighted by Gasteiger charge is -2.52. The number of benzene rings is 2. The van der Waals surface area contributed by atoms with Crippen LogP contribution in [0.2, 0.25) is 0 Å². The van der Waals surface area contributed by atoms with Crippen LogP contribution in [0.25, 0.3) is 11.1 Å². The molecule has 0 saturated heterocycles. The summed E-state index contributed by atoms with van der Waals surface area (Å²) >= 11 is 0. The number of ether oxygens (including phenoxy) is 2. The summed E-state index contributed by atoms with van der Waals surface area (Å²) in [6, 6.07) is 14.4. The van der Waals surface area contributed by atoms with Crippen molar-refractivity contribution in [3.8, 4) is 22.9 Å². The van der Waals surface area contributed by atoms with Crippen molar-refractivity contribution in [2.24, 2.45) is 21.1 Å². The SMILES string of the molecule is COc1cc(C#N)cc(-c2ccc3c(c2)C2(N=C(C)C(N)=N2)[C@]2(CC3)CC[C@@H](OC)CC2)c1. The van der Waals surface area contributed by atoms with Gasteiger partial charge in [-0.15, -0.1) is 0 Å². The molecule has 0 aromatic heterocycles. The molecule has 0 amide bonds. The Kier molecular flexibility index (Phi) is 5.25. The monoisotopic (exact) mass is 442 g/mol. The second-order valence-electron chi connectivity index (χ2n) is 9.52. The zero-order valence-corrected chi connectivity index (χ0v) is 19.5. The smallest absolute Gasteiger partial charge is 0.184 e. The average Bonchev–Trinajstić information content (AvgIpc) is 3.16. The molecule has 2 aromatic carbocycles. The van der Waals surface area contributed by atoms with Gasteiger partial charge in [0.05, 0.1) is 30.6 Å². The van der Waals surface area contributed by atoms with Crippen molar-refractivity contribution in [1.29, 1.82) is 5.26 Å². The van der Waals surface area contributed by atoms with Gasteiger partial charge >= 0.3 is 0 Å². The van der Waals surface area contributed by atoms with Crippen LogP contribution in [0.1, 0.15) is 55.7 Å². The van der Waals surface area contributed by atoms with Crippen LogP contribution in [-0.2, 0) is 16.8 Å². The molecule has 6 heteroatoms. The van der Waals surface area contributed by atoms with Gasteiger partial charge in [-0.2, -0.15) is 5.26 Å². The third-order valence-electron chi connectivity index (χ3n) is 7.91. The Morgan fingerprint density at radius 3 is 2.45 bits per heavy atom. The molecule has 1 aliphatic heterocycles. The molecule has 2 N–H and O–H groups in total. The van der Waals surface area contributed by atoms with Crippen LogP contribution in [0.4, 0.5) is 0 Å². The van der Waals surface area contributed by atoms with E-state index in [9.17, 15) is 5.26 Å². The molecule has 5 rings (SSSR count). The fourth-order valence-electron chi connectivity index (χ4n) is 6.00. The van der Waals surface area contributed by atoms with Crippen LogP contribution in [0, 0.1) is 16.7 Å². The lowest BCUT2D eigenvalue weighted by atomic mass is 9.57. The summed E-state index contributed by atoms with van der Waals surface area (Å²) < 4.78 is 11.1. The van der Waals surface area contributed by atoms with E-state index in [1.54, 1.807) is 20.3 Å². The predicted molar refractivity (Wildman–Crippen MR) is 130 cm³/mol. The van der Waals surface area contributed by atoms with Gasteiger partial charge in [-0.3, -0.25) is 4.99 Å². The zero-order valence-electron chi connectivity index (χ0n) is 19.5. The van der Waals surface area contributed by atoms with Crippen molar-refractivity contribution in [3.63, 3.8) is 0 Å². The molecule has 1 unspecified atom stereocenters. The number of methoxy groups -OCH3 is 2. The minimum Gasteiger partial charge on any atom is -0.497 e. The average molecular weight is 443 g/mol.